The van der Waals surface area contributed by atoms with E-state index in [0.29, 0.717) is 22.7 Å². The average molecular weight is 296 g/mol. The van der Waals surface area contributed by atoms with Crippen LogP contribution in [0.15, 0.2) is 47.5 Å². The van der Waals surface area contributed by atoms with Gasteiger partial charge in [-0.3, -0.25) is 4.79 Å². The molecule has 0 aromatic heterocycles. The number of nitrogens with one attached hydrogen (secondary N) is 1. The van der Waals surface area contributed by atoms with E-state index in [2.05, 4.69) is 10.3 Å². The van der Waals surface area contributed by atoms with Crippen LogP contribution in [-0.2, 0) is 4.79 Å². The monoisotopic (exact) mass is 296 g/mol. The smallest absolute Gasteiger partial charge is 0.335 e. The Bertz CT molecular complexity index is 812. The number of carboxylic acids is 1. The number of ether oxygens (including phenoxy) is 1. The molecule has 2 N–H and O–H groups in total. The maximum absolute atomic E-state index is 12.1. The zero-order valence-electron chi connectivity index (χ0n) is 11.7. The van der Waals surface area contributed by atoms with Crippen LogP contribution in [0.2, 0.25) is 0 Å². The number of aliphatic imine (C=N–C) groups is 1. The van der Waals surface area contributed by atoms with Gasteiger partial charge in [-0.2, -0.15) is 0 Å². The molecule has 0 fully saturated rings. The van der Waals surface area contributed by atoms with Crippen LogP contribution in [0.3, 0.4) is 0 Å². The van der Waals surface area contributed by atoms with E-state index in [-0.39, 0.29) is 17.2 Å². The zero-order valence-corrected chi connectivity index (χ0v) is 11.7. The molecule has 0 bridgehead atoms. The number of amides is 1. The molecule has 1 heterocycles. The van der Waals surface area contributed by atoms with Gasteiger partial charge >= 0.3 is 5.97 Å². The van der Waals surface area contributed by atoms with E-state index in [0.717, 1.165) is 0 Å². The summed E-state index contributed by atoms with van der Waals surface area (Å²) in [7, 11) is 1.54. The lowest BCUT2D eigenvalue weighted by Gasteiger charge is -2.03. The van der Waals surface area contributed by atoms with Crippen molar-refractivity contribution in [2.24, 2.45) is 4.99 Å². The minimum atomic E-state index is -1.04. The van der Waals surface area contributed by atoms with Crippen molar-refractivity contribution >= 4 is 29.0 Å². The first kappa shape index (κ1) is 13.8. The van der Waals surface area contributed by atoms with Crippen molar-refractivity contribution in [3.8, 4) is 5.75 Å². The van der Waals surface area contributed by atoms with Crippen molar-refractivity contribution in [2.75, 3.05) is 12.4 Å². The Labute approximate surface area is 126 Å². The summed E-state index contributed by atoms with van der Waals surface area (Å²) in [5.74, 6) is -0.758. The Kier molecular flexibility index (Phi) is 3.34. The van der Waals surface area contributed by atoms with Crippen molar-refractivity contribution in [3.05, 3.63) is 53.6 Å². The molecular formula is C16H12N2O4. The fourth-order valence-corrected chi connectivity index (χ4v) is 2.21. The van der Waals surface area contributed by atoms with Crippen molar-refractivity contribution < 1.29 is 19.4 Å². The second kappa shape index (κ2) is 5.33. The normalized spacial score (nSPS) is 14.6. The third kappa shape index (κ3) is 2.42. The molecule has 110 valence electrons. The van der Waals surface area contributed by atoms with Crippen LogP contribution in [0.1, 0.15) is 15.9 Å². The van der Waals surface area contributed by atoms with E-state index in [1.54, 1.807) is 37.4 Å². The molecular weight excluding hydrogens is 284 g/mol. The quantitative estimate of drug-likeness (QED) is 0.910. The number of carbonyl (C=O) groups excluding carboxylic acids is 1. The van der Waals surface area contributed by atoms with Gasteiger partial charge in [0.1, 0.15) is 11.5 Å². The highest BCUT2D eigenvalue weighted by Crippen LogP contribution is 2.29. The summed E-state index contributed by atoms with van der Waals surface area (Å²) in [4.78, 5) is 27.3. The van der Waals surface area contributed by atoms with Gasteiger partial charge in [-0.05, 0) is 36.4 Å². The van der Waals surface area contributed by atoms with E-state index < -0.39 is 5.97 Å². The van der Waals surface area contributed by atoms with Crippen molar-refractivity contribution in [3.63, 3.8) is 0 Å². The third-order valence-corrected chi connectivity index (χ3v) is 3.28. The number of hydrogen-bond acceptors (Lipinski definition) is 4. The molecule has 22 heavy (non-hydrogen) atoms. The molecule has 0 aliphatic carbocycles. The van der Waals surface area contributed by atoms with E-state index in [9.17, 15) is 9.59 Å². The standard InChI is InChI=1S/C16H12N2O4/c1-22-11-5-6-13-12(8-11)14(15(19)18-13)17-10-4-2-3-9(7-10)16(20)21/h2-8H,1H3,(H,20,21)(H,17,18,19). The number of nitrogens with zero attached hydrogens (tertiary/aromatic N) is 1. The molecule has 0 radical (unpaired) electrons. The van der Waals surface area contributed by atoms with Crippen LogP contribution >= 0.6 is 0 Å². The topological polar surface area (TPSA) is 88.0 Å². The van der Waals surface area contributed by atoms with E-state index >= 15 is 0 Å². The molecule has 0 saturated carbocycles. The Balaban J connectivity index is 2.07. The molecule has 3 rings (SSSR count). The Morgan fingerprint density at radius 1 is 1.23 bits per heavy atom. The zero-order chi connectivity index (χ0) is 15.7. The summed E-state index contributed by atoms with van der Waals surface area (Å²) in [6.07, 6.45) is 0. The number of methoxy groups -OCH3 is 1. The van der Waals surface area contributed by atoms with Crippen LogP contribution < -0.4 is 10.1 Å². The van der Waals surface area contributed by atoms with E-state index in [1.807, 2.05) is 0 Å². The predicted molar refractivity (Wildman–Crippen MR) is 81.2 cm³/mol. The van der Waals surface area contributed by atoms with Gasteiger partial charge in [-0.25, -0.2) is 9.79 Å². The lowest BCUT2D eigenvalue weighted by atomic mass is 10.1. The Morgan fingerprint density at radius 2 is 2.05 bits per heavy atom. The maximum Gasteiger partial charge on any atom is 0.335 e. The van der Waals surface area contributed by atoms with Crippen LogP contribution in [0, 0.1) is 0 Å². The highest BCUT2D eigenvalue weighted by atomic mass is 16.5. The first-order chi connectivity index (χ1) is 10.6. The molecule has 0 saturated heterocycles. The number of benzene rings is 2. The SMILES string of the molecule is COc1ccc2c(c1)/C(=N/c1cccc(C(=O)O)c1)C(=O)N2. The fourth-order valence-electron chi connectivity index (χ4n) is 2.21. The van der Waals surface area contributed by atoms with E-state index in [1.165, 1.54) is 12.1 Å². The Hall–Kier alpha value is -3.15. The summed E-state index contributed by atoms with van der Waals surface area (Å²) in [5, 5.41) is 11.7. The number of aromatic carboxylic acids is 1. The highest BCUT2D eigenvalue weighted by molar-refractivity contribution is 6.54. The molecule has 6 nitrogen and oxygen atoms in total. The Morgan fingerprint density at radius 3 is 2.77 bits per heavy atom. The summed E-state index contributed by atoms with van der Waals surface area (Å²) < 4.78 is 5.15. The van der Waals surface area contributed by atoms with Crippen LogP contribution in [0.25, 0.3) is 0 Å². The molecule has 0 unspecified atom stereocenters. The highest BCUT2D eigenvalue weighted by Gasteiger charge is 2.26. The lowest BCUT2D eigenvalue weighted by Crippen LogP contribution is -2.13. The molecule has 2 aromatic carbocycles. The number of rotatable bonds is 3. The average Bonchev–Trinajstić information content (AvgIpc) is 2.83. The van der Waals surface area contributed by atoms with E-state index in [4.69, 9.17) is 9.84 Å². The second-order valence-corrected chi connectivity index (χ2v) is 4.68. The molecule has 2 aromatic rings. The number of fused-ring (bicyclic) bond motifs is 1. The molecule has 1 aliphatic heterocycles. The fraction of sp³-hybridized carbons (Fsp3) is 0.0625. The molecule has 0 spiro atoms. The van der Waals surface area contributed by atoms with Gasteiger partial charge in [0.15, 0.2) is 0 Å². The summed E-state index contributed by atoms with van der Waals surface area (Å²) >= 11 is 0. The first-order valence-corrected chi connectivity index (χ1v) is 6.50. The third-order valence-electron chi connectivity index (χ3n) is 3.28. The summed E-state index contributed by atoms with van der Waals surface area (Å²) in [6, 6.07) is 11.3. The van der Waals surface area contributed by atoms with Crippen molar-refractivity contribution in [1.29, 1.82) is 0 Å². The maximum atomic E-state index is 12.1. The van der Waals surface area contributed by atoms with Gasteiger partial charge in [-0.1, -0.05) is 6.07 Å². The van der Waals surface area contributed by atoms with Gasteiger partial charge in [-0.15, -0.1) is 0 Å². The van der Waals surface area contributed by atoms with Gasteiger partial charge in [0.05, 0.1) is 24.0 Å². The minimum absolute atomic E-state index is 0.117. The molecule has 0 atom stereocenters. The van der Waals surface area contributed by atoms with Crippen LogP contribution in [0.5, 0.6) is 5.75 Å². The molecule has 6 heteroatoms. The molecule has 1 amide bonds. The second-order valence-electron chi connectivity index (χ2n) is 4.68. The molecule has 1 aliphatic rings. The van der Waals surface area contributed by atoms with Crippen molar-refractivity contribution in [1.82, 2.24) is 0 Å². The van der Waals surface area contributed by atoms with Gasteiger partial charge < -0.3 is 15.2 Å². The van der Waals surface area contributed by atoms with Crippen LogP contribution in [0.4, 0.5) is 11.4 Å². The lowest BCUT2D eigenvalue weighted by molar-refractivity contribution is -0.110. The van der Waals surface area contributed by atoms with Gasteiger partial charge in [0, 0.05) is 5.56 Å². The minimum Gasteiger partial charge on any atom is -0.497 e. The first-order valence-electron chi connectivity index (χ1n) is 6.50. The number of hydrogen-bond donors (Lipinski definition) is 2. The number of carbonyl (C=O) groups is 2. The van der Waals surface area contributed by atoms with Gasteiger partial charge in [0.25, 0.3) is 5.91 Å². The largest absolute Gasteiger partial charge is 0.497 e. The predicted octanol–water partition coefficient (Wildman–Crippen LogP) is 2.47. The van der Waals surface area contributed by atoms with Gasteiger partial charge in [0.2, 0.25) is 0 Å². The summed E-state index contributed by atoms with van der Waals surface area (Å²) in [6.45, 7) is 0. The number of anilines is 1. The van der Waals surface area contributed by atoms with Crippen LogP contribution in [-0.4, -0.2) is 29.8 Å². The van der Waals surface area contributed by atoms with Crippen molar-refractivity contribution in [2.45, 2.75) is 0 Å². The summed E-state index contributed by atoms with van der Waals surface area (Å²) in [5.41, 5.74) is 2.03. The number of carboxylic acid groups (broad SMARTS) is 1.